The van der Waals surface area contributed by atoms with E-state index < -0.39 is 0 Å². The summed E-state index contributed by atoms with van der Waals surface area (Å²) in [6, 6.07) is 6.97. The molecule has 0 radical (unpaired) electrons. The molecule has 1 aromatic carbocycles. The van der Waals surface area contributed by atoms with Crippen molar-refractivity contribution in [2.75, 3.05) is 0 Å². The Morgan fingerprint density at radius 2 is 2.15 bits per heavy atom. The third kappa shape index (κ3) is 1.89. The summed E-state index contributed by atoms with van der Waals surface area (Å²) in [6.07, 6.45) is 3.21. The van der Waals surface area contributed by atoms with Crippen LogP contribution < -0.4 is 5.69 Å². The fourth-order valence-corrected chi connectivity index (χ4v) is 2.62. The molecule has 1 N–H and O–H groups in total. The number of halogens is 1. The molecule has 3 rings (SSSR count). The summed E-state index contributed by atoms with van der Waals surface area (Å²) in [5.74, 6) is -0.0980. The van der Waals surface area contributed by atoms with E-state index in [-0.39, 0.29) is 11.5 Å². The molecule has 0 aliphatic rings. The molecule has 2 aromatic heterocycles. The molecule has 0 saturated carbocycles. The quantitative estimate of drug-likeness (QED) is 0.734. The smallest absolute Gasteiger partial charge is 0.304 e. The molecule has 6 heteroatoms. The Bertz CT molecular complexity index is 865. The largest absolute Gasteiger partial charge is 0.331 e. The number of ketones is 1. The van der Waals surface area contributed by atoms with Crippen LogP contribution in [-0.2, 0) is 0 Å². The number of aromatic nitrogens is 3. The molecule has 0 atom stereocenters. The van der Waals surface area contributed by atoms with Gasteiger partial charge in [-0.3, -0.25) is 14.3 Å². The Kier molecular flexibility index (Phi) is 3.02. The van der Waals surface area contributed by atoms with Crippen molar-refractivity contribution in [3.05, 3.63) is 57.2 Å². The zero-order valence-corrected chi connectivity index (χ0v) is 12.1. The molecule has 5 nitrogen and oxygen atoms in total. The average Bonchev–Trinajstić information content (AvgIpc) is 2.78. The Morgan fingerprint density at radius 3 is 2.80 bits per heavy atom. The standard InChI is InChI=1S/C14H10BrN3O2/c1-8(19)10-4-5-11(15)12-13(10)18(14(20)17-12)9-3-2-6-16-7-9/h2-7H,1H3,(H,17,20). The molecular weight excluding hydrogens is 322 g/mol. The van der Waals surface area contributed by atoms with Crippen LogP contribution in [0.4, 0.5) is 0 Å². The van der Waals surface area contributed by atoms with Gasteiger partial charge in [-0.25, -0.2) is 4.79 Å². The van der Waals surface area contributed by atoms with Crippen molar-refractivity contribution in [1.82, 2.24) is 14.5 Å². The zero-order chi connectivity index (χ0) is 14.3. The molecule has 0 spiro atoms. The number of benzene rings is 1. The van der Waals surface area contributed by atoms with Crippen LogP contribution in [0.5, 0.6) is 0 Å². The third-order valence-corrected chi connectivity index (χ3v) is 3.73. The number of rotatable bonds is 2. The monoisotopic (exact) mass is 331 g/mol. The lowest BCUT2D eigenvalue weighted by molar-refractivity contribution is 0.101. The summed E-state index contributed by atoms with van der Waals surface area (Å²) in [5, 5.41) is 0. The maximum Gasteiger partial charge on any atom is 0.331 e. The third-order valence-electron chi connectivity index (χ3n) is 3.07. The van der Waals surface area contributed by atoms with Gasteiger partial charge in [-0.2, -0.15) is 0 Å². The van der Waals surface area contributed by atoms with Crippen molar-refractivity contribution in [2.45, 2.75) is 6.92 Å². The zero-order valence-electron chi connectivity index (χ0n) is 10.6. The average molecular weight is 332 g/mol. The van der Waals surface area contributed by atoms with Crippen molar-refractivity contribution in [3.63, 3.8) is 0 Å². The Morgan fingerprint density at radius 1 is 1.35 bits per heavy atom. The minimum Gasteiger partial charge on any atom is -0.304 e. The molecule has 0 unspecified atom stereocenters. The number of imidazole rings is 1. The highest BCUT2D eigenvalue weighted by Crippen LogP contribution is 2.26. The molecular formula is C14H10BrN3O2. The number of nitrogens with zero attached hydrogens (tertiary/aromatic N) is 2. The van der Waals surface area contributed by atoms with Crippen LogP contribution in [0.25, 0.3) is 16.7 Å². The normalized spacial score (nSPS) is 10.9. The van der Waals surface area contributed by atoms with E-state index in [4.69, 9.17) is 0 Å². The lowest BCUT2D eigenvalue weighted by Gasteiger charge is -2.06. The molecule has 20 heavy (non-hydrogen) atoms. The van der Waals surface area contributed by atoms with Gasteiger partial charge in [0.25, 0.3) is 0 Å². The number of nitrogens with one attached hydrogen (secondary N) is 1. The highest BCUT2D eigenvalue weighted by atomic mass is 79.9. The van der Waals surface area contributed by atoms with Crippen molar-refractivity contribution in [1.29, 1.82) is 0 Å². The van der Waals surface area contributed by atoms with Crippen LogP contribution in [0.2, 0.25) is 0 Å². The molecule has 0 amide bonds. The Hall–Kier alpha value is -2.21. The van der Waals surface area contributed by atoms with Crippen LogP contribution in [0, 0.1) is 0 Å². The van der Waals surface area contributed by atoms with Gasteiger partial charge in [0.15, 0.2) is 5.78 Å². The number of hydrogen-bond acceptors (Lipinski definition) is 3. The molecule has 3 aromatic rings. The first-order valence-corrected chi connectivity index (χ1v) is 6.73. The number of fused-ring (bicyclic) bond motifs is 1. The summed E-state index contributed by atoms with van der Waals surface area (Å²) in [4.78, 5) is 30.8. The van der Waals surface area contributed by atoms with Gasteiger partial charge in [0.05, 0.1) is 22.9 Å². The second-order valence-electron chi connectivity index (χ2n) is 4.35. The lowest BCUT2D eigenvalue weighted by atomic mass is 10.1. The van der Waals surface area contributed by atoms with E-state index in [1.54, 1.807) is 36.7 Å². The number of carbonyl (C=O) groups is 1. The van der Waals surface area contributed by atoms with E-state index in [1.165, 1.54) is 11.5 Å². The van der Waals surface area contributed by atoms with Gasteiger partial charge in [0, 0.05) is 16.2 Å². The van der Waals surface area contributed by atoms with Gasteiger partial charge in [0.2, 0.25) is 0 Å². The minimum atomic E-state index is -0.303. The van der Waals surface area contributed by atoms with Crippen LogP contribution >= 0.6 is 15.9 Å². The summed E-state index contributed by atoms with van der Waals surface area (Å²) in [7, 11) is 0. The first-order chi connectivity index (χ1) is 9.59. The van der Waals surface area contributed by atoms with E-state index in [2.05, 4.69) is 25.9 Å². The summed E-state index contributed by atoms with van der Waals surface area (Å²) >= 11 is 3.39. The van der Waals surface area contributed by atoms with E-state index in [0.29, 0.717) is 22.3 Å². The molecule has 0 aliphatic heterocycles. The van der Waals surface area contributed by atoms with Crippen LogP contribution in [0.1, 0.15) is 17.3 Å². The molecule has 0 saturated heterocycles. The van der Waals surface area contributed by atoms with Crippen molar-refractivity contribution in [2.24, 2.45) is 0 Å². The SMILES string of the molecule is CC(=O)c1ccc(Br)c2[nH]c(=O)n(-c3cccnc3)c12. The number of H-pyrrole nitrogens is 1. The first kappa shape index (κ1) is 12.8. The van der Waals surface area contributed by atoms with Gasteiger partial charge in [-0.05, 0) is 47.1 Å². The molecule has 0 fully saturated rings. The summed E-state index contributed by atoms with van der Waals surface area (Å²) < 4.78 is 2.20. The summed E-state index contributed by atoms with van der Waals surface area (Å²) in [5.41, 5.74) is 1.97. The topological polar surface area (TPSA) is 67.8 Å². The van der Waals surface area contributed by atoms with Crippen LogP contribution in [0.3, 0.4) is 0 Å². The number of hydrogen-bond donors (Lipinski definition) is 1. The first-order valence-electron chi connectivity index (χ1n) is 5.94. The summed E-state index contributed by atoms with van der Waals surface area (Å²) in [6.45, 7) is 1.48. The second kappa shape index (κ2) is 4.72. The molecule has 0 bridgehead atoms. The fourth-order valence-electron chi connectivity index (χ4n) is 2.20. The van der Waals surface area contributed by atoms with Gasteiger partial charge >= 0.3 is 5.69 Å². The van der Waals surface area contributed by atoms with E-state index in [0.717, 1.165) is 4.47 Å². The number of pyridine rings is 1. The predicted octanol–water partition coefficient (Wildman–Crippen LogP) is 2.68. The Labute approximate surface area is 122 Å². The van der Waals surface area contributed by atoms with Crippen molar-refractivity contribution >= 4 is 32.7 Å². The van der Waals surface area contributed by atoms with Crippen molar-refractivity contribution < 1.29 is 4.79 Å². The highest BCUT2D eigenvalue weighted by Gasteiger charge is 2.17. The predicted molar refractivity (Wildman–Crippen MR) is 79.4 cm³/mol. The van der Waals surface area contributed by atoms with Crippen LogP contribution in [-0.4, -0.2) is 20.3 Å². The van der Waals surface area contributed by atoms with Gasteiger partial charge in [0.1, 0.15) is 0 Å². The molecule has 2 heterocycles. The maximum absolute atomic E-state index is 12.2. The Balaban J connectivity index is 2.49. The van der Waals surface area contributed by atoms with Gasteiger partial charge < -0.3 is 4.98 Å². The number of carbonyl (C=O) groups excluding carboxylic acids is 1. The fraction of sp³-hybridized carbons (Fsp3) is 0.0714. The van der Waals surface area contributed by atoms with E-state index >= 15 is 0 Å². The van der Waals surface area contributed by atoms with Crippen molar-refractivity contribution in [3.8, 4) is 5.69 Å². The number of Topliss-reactive ketones (excluding diaryl/α,β-unsaturated/α-hetero) is 1. The number of aromatic amines is 1. The highest BCUT2D eigenvalue weighted by molar-refractivity contribution is 9.10. The minimum absolute atomic E-state index is 0.0980. The lowest BCUT2D eigenvalue weighted by Crippen LogP contribution is -2.15. The van der Waals surface area contributed by atoms with Gasteiger partial charge in [-0.15, -0.1) is 0 Å². The molecule has 0 aliphatic carbocycles. The maximum atomic E-state index is 12.2. The van der Waals surface area contributed by atoms with E-state index in [1.807, 2.05) is 0 Å². The van der Waals surface area contributed by atoms with Crippen LogP contribution in [0.15, 0.2) is 45.9 Å². The van der Waals surface area contributed by atoms with E-state index in [9.17, 15) is 9.59 Å². The van der Waals surface area contributed by atoms with Gasteiger partial charge in [-0.1, -0.05) is 0 Å². The second-order valence-corrected chi connectivity index (χ2v) is 5.21. The molecule has 100 valence electrons.